The molecule has 2 heteroatoms. The summed E-state index contributed by atoms with van der Waals surface area (Å²) < 4.78 is 0. The van der Waals surface area contributed by atoms with Gasteiger partial charge in [-0.15, -0.1) is 0 Å². The number of carbonyl (C=O) groups is 1. The lowest BCUT2D eigenvalue weighted by Crippen LogP contribution is -2.37. The van der Waals surface area contributed by atoms with E-state index in [1.165, 1.54) is 44.9 Å². The normalized spacial score (nSPS) is 35.8. The first-order valence-electron chi connectivity index (χ1n) is 7.06. The first-order chi connectivity index (χ1) is 7.79. The zero-order valence-corrected chi connectivity index (χ0v) is 10.5. The Morgan fingerprint density at radius 1 is 1.12 bits per heavy atom. The summed E-state index contributed by atoms with van der Waals surface area (Å²) in [5, 5.41) is 2.94. The van der Waals surface area contributed by atoms with Crippen LogP contribution in [0.25, 0.3) is 0 Å². The van der Waals surface area contributed by atoms with Crippen LogP contribution in [0.15, 0.2) is 0 Å². The van der Waals surface area contributed by atoms with Gasteiger partial charge in [-0.25, -0.2) is 0 Å². The number of piperidine rings is 1. The Balaban J connectivity index is 1.77. The van der Waals surface area contributed by atoms with Crippen LogP contribution in [0.5, 0.6) is 0 Å². The van der Waals surface area contributed by atoms with E-state index in [2.05, 4.69) is 12.2 Å². The van der Waals surface area contributed by atoms with E-state index in [0.29, 0.717) is 5.92 Å². The van der Waals surface area contributed by atoms with Crippen molar-refractivity contribution in [3.8, 4) is 0 Å². The minimum Gasteiger partial charge on any atom is -0.356 e. The molecule has 0 aromatic heterocycles. The molecule has 1 aliphatic carbocycles. The topological polar surface area (TPSA) is 29.1 Å². The maximum atomic E-state index is 11.4. The molecule has 2 fully saturated rings. The first-order valence-corrected chi connectivity index (χ1v) is 7.06. The summed E-state index contributed by atoms with van der Waals surface area (Å²) in [7, 11) is 0. The van der Waals surface area contributed by atoms with Gasteiger partial charge in [-0.1, -0.05) is 32.6 Å². The van der Waals surface area contributed by atoms with E-state index in [-0.39, 0.29) is 5.91 Å². The van der Waals surface area contributed by atoms with Gasteiger partial charge in [0.1, 0.15) is 0 Å². The van der Waals surface area contributed by atoms with Crippen LogP contribution in [0.3, 0.4) is 0 Å². The predicted octanol–water partition coefficient (Wildman–Crippen LogP) is 3.12. The standard InChI is InChI=1S/C14H25NO/c1-2-3-11-4-6-12(7-5-11)13-8-9-15-14(16)10-13/h11-13H,2-10H2,1H3,(H,15,16). The third-order valence-electron chi connectivity index (χ3n) is 4.54. The molecule has 0 aromatic carbocycles. The summed E-state index contributed by atoms with van der Waals surface area (Å²) in [4.78, 5) is 11.4. The smallest absolute Gasteiger partial charge is 0.220 e. The van der Waals surface area contributed by atoms with Gasteiger partial charge >= 0.3 is 0 Å². The zero-order chi connectivity index (χ0) is 11.4. The molecule has 0 radical (unpaired) electrons. The highest BCUT2D eigenvalue weighted by molar-refractivity contribution is 5.76. The molecule has 0 aromatic rings. The molecule has 2 rings (SSSR count). The fraction of sp³-hybridized carbons (Fsp3) is 0.929. The molecule has 1 saturated heterocycles. The molecular formula is C14H25NO. The Bertz CT molecular complexity index is 231. The van der Waals surface area contributed by atoms with E-state index in [1.54, 1.807) is 0 Å². The summed E-state index contributed by atoms with van der Waals surface area (Å²) in [6.07, 6.45) is 10.3. The largest absolute Gasteiger partial charge is 0.356 e. The summed E-state index contributed by atoms with van der Waals surface area (Å²) in [5.41, 5.74) is 0. The van der Waals surface area contributed by atoms with Gasteiger partial charge in [0, 0.05) is 13.0 Å². The Hall–Kier alpha value is -0.530. The molecule has 0 spiro atoms. The van der Waals surface area contributed by atoms with Gasteiger partial charge in [-0.05, 0) is 37.0 Å². The van der Waals surface area contributed by atoms with Crippen molar-refractivity contribution in [1.82, 2.24) is 5.32 Å². The van der Waals surface area contributed by atoms with Gasteiger partial charge in [-0.2, -0.15) is 0 Å². The molecule has 16 heavy (non-hydrogen) atoms. The summed E-state index contributed by atoms with van der Waals surface area (Å²) in [5.74, 6) is 2.81. The van der Waals surface area contributed by atoms with E-state index in [0.717, 1.165) is 24.8 Å². The average Bonchev–Trinajstić information content (AvgIpc) is 2.30. The number of amides is 1. The Kier molecular flexibility index (Phi) is 4.25. The Morgan fingerprint density at radius 2 is 1.88 bits per heavy atom. The second-order valence-electron chi connectivity index (χ2n) is 5.67. The second kappa shape index (κ2) is 5.70. The minimum absolute atomic E-state index is 0.284. The number of hydrogen-bond acceptors (Lipinski definition) is 1. The molecule has 1 N–H and O–H groups in total. The lowest BCUT2D eigenvalue weighted by molar-refractivity contribution is -0.124. The van der Waals surface area contributed by atoms with Crippen LogP contribution >= 0.6 is 0 Å². The lowest BCUT2D eigenvalue weighted by Gasteiger charge is -2.35. The summed E-state index contributed by atoms with van der Waals surface area (Å²) in [6, 6.07) is 0. The van der Waals surface area contributed by atoms with Gasteiger partial charge in [0.2, 0.25) is 5.91 Å². The highest BCUT2D eigenvalue weighted by atomic mass is 16.1. The Labute approximate surface area is 99.2 Å². The van der Waals surface area contributed by atoms with E-state index in [1.807, 2.05) is 0 Å². The van der Waals surface area contributed by atoms with Crippen molar-refractivity contribution in [2.75, 3.05) is 6.54 Å². The van der Waals surface area contributed by atoms with Gasteiger partial charge in [0.15, 0.2) is 0 Å². The number of hydrogen-bond donors (Lipinski definition) is 1. The molecule has 1 amide bonds. The van der Waals surface area contributed by atoms with Gasteiger partial charge in [-0.3, -0.25) is 4.79 Å². The van der Waals surface area contributed by atoms with Crippen LogP contribution in [0, 0.1) is 17.8 Å². The quantitative estimate of drug-likeness (QED) is 0.782. The van der Waals surface area contributed by atoms with Crippen molar-refractivity contribution < 1.29 is 4.79 Å². The SMILES string of the molecule is CCCC1CCC(C2CCNC(=O)C2)CC1. The number of rotatable bonds is 3. The number of carbonyl (C=O) groups excluding carboxylic acids is 1. The molecule has 1 atom stereocenters. The number of nitrogens with one attached hydrogen (secondary N) is 1. The van der Waals surface area contributed by atoms with E-state index in [4.69, 9.17) is 0 Å². The summed E-state index contributed by atoms with van der Waals surface area (Å²) >= 11 is 0. The van der Waals surface area contributed by atoms with Crippen LogP contribution in [0.2, 0.25) is 0 Å². The van der Waals surface area contributed by atoms with Crippen molar-refractivity contribution in [2.45, 2.75) is 58.3 Å². The van der Waals surface area contributed by atoms with Crippen molar-refractivity contribution in [3.63, 3.8) is 0 Å². The monoisotopic (exact) mass is 223 g/mol. The average molecular weight is 223 g/mol. The minimum atomic E-state index is 0.284. The van der Waals surface area contributed by atoms with Gasteiger partial charge < -0.3 is 5.32 Å². The maximum Gasteiger partial charge on any atom is 0.220 e. The molecular weight excluding hydrogens is 198 g/mol. The predicted molar refractivity (Wildman–Crippen MR) is 66.1 cm³/mol. The molecule has 92 valence electrons. The van der Waals surface area contributed by atoms with Gasteiger partial charge in [0.25, 0.3) is 0 Å². The molecule has 2 nitrogen and oxygen atoms in total. The van der Waals surface area contributed by atoms with Crippen molar-refractivity contribution >= 4 is 5.91 Å². The highest BCUT2D eigenvalue weighted by Gasteiger charge is 2.30. The third kappa shape index (κ3) is 2.99. The van der Waals surface area contributed by atoms with Crippen LogP contribution < -0.4 is 5.32 Å². The molecule has 1 heterocycles. The van der Waals surface area contributed by atoms with Crippen LogP contribution in [-0.2, 0) is 4.79 Å². The fourth-order valence-corrected chi connectivity index (χ4v) is 3.57. The second-order valence-corrected chi connectivity index (χ2v) is 5.67. The third-order valence-corrected chi connectivity index (χ3v) is 4.54. The molecule has 1 unspecified atom stereocenters. The maximum absolute atomic E-state index is 11.4. The van der Waals surface area contributed by atoms with Gasteiger partial charge in [0.05, 0.1) is 0 Å². The molecule has 2 aliphatic rings. The van der Waals surface area contributed by atoms with E-state index >= 15 is 0 Å². The lowest BCUT2D eigenvalue weighted by atomic mass is 9.72. The van der Waals surface area contributed by atoms with E-state index in [9.17, 15) is 4.79 Å². The van der Waals surface area contributed by atoms with Crippen LogP contribution in [0.4, 0.5) is 0 Å². The first kappa shape index (κ1) is 11.9. The van der Waals surface area contributed by atoms with Crippen LogP contribution in [0.1, 0.15) is 58.3 Å². The fourth-order valence-electron chi connectivity index (χ4n) is 3.57. The summed E-state index contributed by atoms with van der Waals surface area (Å²) in [6.45, 7) is 3.20. The van der Waals surface area contributed by atoms with Crippen molar-refractivity contribution in [1.29, 1.82) is 0 Å². The van der Waals surface area contributed by atoms with Crippen LogP contribution in [-0.4, -0.2) is 12.5 Å². The molecule has 1 aliphatic heterocycles. The van der Waals surface area contributed by atoms with Crippen molar-refractivity contribution in [3.05, 3.63) is 0 Å². The Morgan fingerprint density at radius 3 is 2.50 bits per heavy atom. The van der Waals surface area contributed by atoms with E-state index < -0.39 is 0 Å². The zero-order valence-electron chi connectivity index (χ0n) is 10.5. The van der Waals surface area contributed by atoms with Crippen molar-refractivity contribution in [2.24, 2.45) is 17.8 Å². The molecule has 0 bridgehead atoms. The molecule has 1 saturated carbocycles. The highest BCUT2D eigenvalue weighted by Crippen LogP contribution is 2.38.